The van der Waals surface area contributed by atoms with Gasteiger partial charge >= 0.3 is 0 Å². The van der Waals surface area contributed by atoms with Crippen LogP contribution >= 0.6 is 0 Å². The van der Waals surface area contributed by atoms with Crippen molar-refractivity contribution in [3.63, 3.8) is 0 Å². The first kappa shape index (κ1) is 15.8. The Balaban J connectivity index is 2.03. The third kappa shape index (κ3) is 4.04. The summed E-state index contributed by atoms with van der Waals surface area (Å²) in [6, 6.07) is 29.8. The first-order chi connectivity index (χ1) is 12.6. The van der Waals surface area contributed by atoms with Crippen molar-refractivity contribution in [3.05, 3.63) is 108 Å². The van der Waals surface area contributed by atoms with E-state index in [0.29, 0.717) is 13.1 Å². The van der Waals surface area contributed by atoms with E-state index in [1.54, 1.807) is 0 Å². The van der Waals surface area contributed by atoms with Gasteiger partial charge in [-0.3, -0.25) is 4.90 Å². The predicted molar refractivity (Wildman–Crippen MR) is 102 cm³/mol. The maximum Gasteiger partial charge on any atom is 0.144 e. The van der Waals surface area contributed by atoms with E-state index < -0.39 is 11.8 Å². The molecule has 3 aromatic rings. The average molecular weight is 330 g/mol. The molecule has 0 saturated heterocycles. The van der Waals surface area contributed by atoms with Crippen LogP contribution in [0.4, 0.5) is 0 Å². The van der Waals surface area contributed by atoms with Crippen LogP contribution in [0, 0.1) is 0 Å². The quantitative estimate of drug-likeness (QED) is 0.580. The van der Waals surface area contributed by atoms with Crippen molar-refractivity contribution in [3.8, 4) is 0 Å². The van der Waals surface area contributed by atoms with E-state index in [2.05, 4.69) is 29.2 Å². The van der Waals surface area contributed by atoms with Crippen molar-refractivity contribution in [1.82, 2.24) is 4.90 Å². The minimum absolute atomic E-state index is 0.589. The van der Waals surface area contributed by atoms with Crippen molar-refractivity contribution in [2.75, 3.05) is 0 Å². The van der Waals surface area contributed by atoms with Gasteiger partial charge in [0.1, 0.15) is 13.2 Å². The molecule has 0 N–H and O–H groups in total. The number of hydrogen-bond acceptors (Lipinski definition) is 2. The first-order valence-electron chi connectivity index (χ1n) is 9.00. The summed E-state index contributed by atoms with van der Waals surface area (Å²) in [6.07, 6.45) is -0.601. The van der Waals surface area contributed by atoms with Crippen LogP contribution in [0.15, 0.2) is 91.0 Å². The molecule has 1 atom stereocenters. The van der Waals surface area contributed by atoms with Gasteiger partial charge in [0.2, 0.25) is 0 Å². The molecule has 25 heavy (non-hydrogen) atoms. The fraction of sp³-hybridized carbons (Fsp3) is 0.174. The number of hydrogen-bond donors (Lipinski definition) is 0. The Morgan fingerprint density at radius 2 is 1.20 bits per heavy atom. The molecule has 3 aromatic carbocycles. The van der Waals surface area contributed by atoms with Crippen LogP contribution in [0.1, 0.15) is 25.0 Å². The molecule has 0 aromatic heterocycles. The topological polar surface area (TPSA) is 20.3 Å². The van der Waals surface area contributed by atoms with Crippen molar-refractivity contribution in [2.24, 2.45) is 0 Å². The SMILES string of the molecule is [2H]C(=O)[C@](C)(c1ccccc1)N(Cc1ccccc1)Cc1ccccc1. The third-order valence-electron chi connectivity index (χ3n) is 4.60. The Morgan fingerprint density at radius 1 is 0.800 bits per heavy atom. The fourth-order valence-electron chi connectivity index (χ4n) is 3.05. The van der Waals surface area contributed by atoms with Crippen LogP contribution < -0.4 is 0 Å². The van der Waals surface area contributed by atoms with Crippen molar-refractivity contribution < 1.29 is 6.17 Å². The summed E-state index contributed by atoms with van der Waals surface area (Å²) in [5.74, 6) is 0. The number of benzene rings is 3. The summed E-state index contributed by atoms with van der Waals surface area (Å²) in [5, 5.41) is 0. The molecule has 3 rings (SSSR count). The minimum Gasteiger partial charge on any atom is -0.301 e. The second kappa shape index (κ2) is 7.91. The molecule has 0 radical (unpaired) electrons. The molecule has 0 aliphatic rings. The zero-order valence-electron chi connectivity index (χ0n) is 15.4. The van der Waals surface area contributed by atoms with Gasteiger partial charge in [-0.1, -0.05) is 91.0 Å². The van der Waals surface area contributed by atoms with Crippen LogP contribution in [0.5, 0.6) is 0 Å². The Bertz CT molecular complexity index is 794. The van der Waals surface area contributed by atoms with Crippen molar-refractivity contribution in [1.29, 1.82) is 0 Å². The van der Waals surface area contributed by atoms with E-state index in [1.165, 1.54) is 0 Å². The minimum atomic E-state index is -1.02. The van der Waals surface area contributed by atoms with Gasteiger partial charge in [-0.05, 0) is 23.6 Å². The second-order valence-corrected chi connectivity index (χ2v) is 6.37. The molecule has 0 spiro atoms. The number of carbonyl (C=O) groups is 1. The summed E-state index contributed by atoms with van der Waals surface area (Å²) in [4.78, 5) is 14.6. The standard InChI is InChI=1S/C23H23NO/c1-23(19-25,22-15-9-4-10-16-22)24(17-20-11-5-2-6-12-20)18-21-13-7-3-8-14-21/h2-16,19H,17-18H2,1H3/t23-/m1/s1/i19D. The molecule has 0 aliphatic heterocycles. The smallest absolute Gasteiger partial charge is 0.144 e. The largest absolute Gasteiger partial charge is 0.301 e. The molecule has 0 fully saturated rings. The van der Waals surface area contributed by atoms with Gasteiger partial charge in [-0.2, -0.15) is 0 Å². The van der Waals surface area contributed by atoms with Gasteiger partial charge in [0.25, 0.3) is 0 Å². The monoisotopic (exact) mass is 330 g/mol. The molecule has 0 amide bonds. The van der Waals surface area contributed by atoms with E-state index in [9.17, 15) is 4.79 Å². The Morgan fingerprint density at radius 3 is 1.60 bits per heavy atom. The summed E-state index contributed by atoms with van der Waals surface area (Å²) >= 11 is 0. The molecule has 0 bridgehead atoms. The van der Waals surface area contributed by atoms with E-state index in [1.807, 2.05) is 73.7 Å². The Labute approximate surface area is 151 Å². The van der Waals surface area contributed by atoms with Gasteiger partial charge in [0, 0.05) is 13.1 Å². The van der Waals surface area contributed by atoms with Crippen LogP contribution in [0.3, 0.4) is 0 Å². The normalized spacial score (nSPS) is 13.9. The summed E-state index contributed by atoms with van der Waals surface area (Å²) in [5.41, 5.74) is 2.05. The second-order valence-electron chi connectivity index (χ2n) is 6.37. The number of carbonyl (C=O) groups excluding carboxylic acids is 1. The molecule has 126 valence electrons. The zero-order chi connectivity index (χ0) is 18.4. The van der Waals surface area contributed by atoms with Crippen LogP contribution in [0.25, 0.3) is 0 Å². The fourth-order valence-corrected chi connectivity index (χ4v) is 3.05. The van der Waals surface area contributed by atoms with Gasteiger partial charge in [-0.25, -0.2) is 0 Å². The summed E-state index contributed by atoms with van der Waals surface area (Å²) in [6.45, 7) is 3.03. The molecule has 0 saturated carbocycles. The van der Waals surface area contributed by atoms with Gasteiger partial charge in [0.15, 0.2) is 0 Å². The lowest BCUT2D eigenvalue weighted by Gasteiger charge is -2.38. The van der Waals surface area contributed by atoms with Gasteiger partial charge < -0.3 is 4.79 Å². The maximum atomic E-state index is 12.5. The van der Waals surface area contributed by atoms with Crippen molar-refractivity contribution >= 4 is 6.26 Å². The first-order valence-corrected chi connectivity index (χ1v) is 8.50. The predicted octanol–water partition coefficient (Wildman–Crippen LogP) is 4.80. The Hall–Kier alpha value is -2.71. The highest BCUT2D eigenvalue weighted by Gasteiger charge is 2.33. The summed E-state index contributed by atoms with van der Waals surface area (Å²) < 4.78 is 8.05. The van der Waals surface area contributed by atoms with E-state index in [4.69, 9.17) is 1.37 Å². The molecule has 2 heteroatoms. The zero-order valence-corrected chi connectivity index (χ0v) is 14.4. The van der Waals surface area contributed by atoms with Crippen molar-refractivity contribution in [2.45, 2.75) is 25.6 Å². The molecule has 2 nitrogen and oxygen atoms in total. The highest BCUT2D eigenvalue weighted by Crippen LogP contribution is 2.29. The molecule has 0 aliphatic carbocycles. The molecule has 0 heterocycles. The van der Waals surface area contributed by atoms with Crippen LogP contribution in [-0.4, -0.2) is 11.2 Å². The molecule has 0 unspecified atom stereocenters. The summed E-state index contributed by atoms with van der Waals surface area (Å²) in [7, 11) is 0. The van der Waals surface area contributed by atoms with Gasteiger partial charge in [-0.15, -0.1) is 0 Å². The van der Waals surface area contributed by atoms with E-state index in [-0.39, 0.29) is 0 Å². The van der Waals surface area contributed by atoms with Crippen LogP contribution in [-0.2, 0) is 23.4 Å². The lowest BCUT2D eigenvalue weighted by Crippen LogP contribution is -2.44. The maximum absolute atomic E-state index is 12.5. The Kier molecular flexibility index (Phi) is 5.00. The van der Waals surface area contributed by atoms with E-state index in [0.717, 1.165) is 16.7 Å². The highest BCUT2D eigenvalue weighted by atomic mass is 16.1. The van der Waals surface area contributed by atoms with E-state index >= 15 is 0 Å². The highest BCUT2D eigenvalue weighted by molar-refractivity contribution is 5.67. The lowest BCUT2D eigenvalue weighted by molar-refractivity contribution is -0.119. The molecular weight excluding hydrogens is 306 g/mol. The average Bonchev–Trinajstić information content (AvgIpc) is 2.69. The van der Waals surface area contributed by atoms with Gasteiger partial charge in [0.05, 0.1) is 0 Å². The number of aldehydes is 1. The van der Waals surface area contributed by atoms with Crippen LogP contribution in [0.2, 0.25) is 0 Å². The number of rotatable bonds is 7. The molecular formula is C23H23NO. The lowest BCUT2D eigenvalue weighted by atomic mass is 9.90. The third-order valence-corrected chi connectivity index (χ3v) is 4.60. The number of nitrogens with zero attached hydrogens (tertiary/aromatic N) is 1.